The summed E-state index contributed by atoms with van der Waals surface area (Å²) in [5, 5.41) is 40.6. The summed E-state index contributed by atoms with van der Waals surface area (Å²) in [4.78, 5) is 7.26. The highest BCUT2D eigenvalue weighted by molar-refractivity contribution is 14.1. The predicted octanol–water partition coefficient (Wildman–Crippen LogP) is 26.8. The molecule has 9 nitrogen and oxygen atoms in total. The van der Waals surface area contributed by atoms with Crippen LogP contribution >= 0.6 is 93.0 Å². The first-order valence-corrected chi connectivity index (χ1v) is 37.3. The molecule has 0 atom stereocenters. The molecule has 102 heavy (non-hydrogen) atoms. The maximum atomic E-state index is 9.61. The lowest BCUT2D eigenvalue weighted by Gasteiger charge is -2.09. The van der Waals surface area contributed by atoms with Crippen LogP contribution in [0, 0.1) is 42.9 Å². The number of rotatable bonds is 1. The third kappa shape index (κ3) is 8.84. The summed E-state index contributed by atoms with van der Waals surface area (Å²) < 4.78 is 17.5. The Hall–Kier alpha value is -11.1. The van der Waals surface area contributed by atoms with Crippen LogP contribution < -0.4 is 0 Å². The molecule has 23 rings (SSSR count). The van der Waals surface area contributed by atoms with Crippen molar-refractivity contribution >= 4 is 279 Å². The summed E-state index contributed by atoms with van der Waals surface area (Å²) >= 11 is 15.7. The van der Waals surface area contributed by atoms with E-state index < -0.39 is 0 Å². The molecule has 23 aromatic rings. The zero-order valence-electron chi connectivity index (χ0n) is 53.2. The number of para-hydroxylation sites is 4. The van der Waals surface area contributed by atoms with Crippen molar-refractivity contribution in [1.82, 2.24) is 22.2 Å². The monoisotopic (exact) mass is 1710 g/mol. The summed E-state index contributed by atoms with van der Waals surface area (Å²) in [6.07, 6.45) is 0. The number of nitriles is 2. The minimum absolute atomic E-state index is 0.631. The Morgan fingerprint density at radius 3 is 0.882 bits per heavy atom. The standard InChI is InChI=1S/C32H16N4.C20H8BrN3.C18H8BrI2N.C18H10BrN/c1-34-20-11-13-31-25(15-20)27-17-21(16-26-24-14-19(18-33)10-12-30(24)36(31)32(26)27)35-28-8-4-2-6-22(28)23-7-3-5-9-29(23)35;1-23-13-3-5-19-15(9-13)17-8-12(21)7-16-14-6-11(10-22)2-4-18(14)24(19)20(16)17;19-9-5-14-12-7-10(20)1-3-16(12)22-17-4-2-11(21)8-13(17)15(6-9)18(14)22;19-11-9-14-12-5-1-3-7-16(12)20-17-8-4-2-6-13(17)15(10-11)18(14)20/h2-17H;2-9H;1-8H;1-10H. The lowest BCUT2D eigenvalue weighted by atomic mass is 10.0. The average Bonchev–Trinajstić information content (AvgIpc) is 1.56. The Morgan fingerprint density at radius 2 is 0.539 bits per heavy atom. The number of fused-ring (bicyclic) bond motifs is 27. The van der Waals surface area contributed by atoms with E-state index in [1.165, 1.54) is 94.1 Å². The topological polar surface area (TPSA) is 78.9 Å². The SMILES string of the molecule is Brc1cc2c3cc(I)ccc3n3c4ccc(I)cc4c(c1)c23.Brc1cc2c3ccccc3n3c4ccccc4c(c1)c23.[C-]#[N+]c1ccc2c(c1)c1cc(-n3c4ccccc4c4ccccc43)cc3c4cc(C#N)ccc4n2c31.[C-]#[N+]c1ccc2c(c1)c1cc(Br)cc3c4cc(C#N)ccc4n2c31. The number of hydrogen-bond donors (Lipinski definition) is 0. The first-order valence-electron chi connectivity index (χ1n) is 32.7. The highest BCUT2D eigenvalue weighted by atomic mass is 127. The van der Waals surface area contributed by atoms with Gasteiger partial charge in [0, 0.05) is 112 Å². The van der Waals surface area contributed by atoms with Crippen LogP contribution in [0.4, 0.5) is 11.4 Å². The zero-order chi connectivity index (χ0) is 68.7. The third-order valence-corrected chi connectivity index (χ3v) is 23.2. The van der Waals surface area contributed by atoms with E-state index in [0.29, 0.717) is 22.5 Å². The molecule has 0 saturated heterocycles. The molecule has 14 aromatic carbocycles. The van der Waals surface area contributed by atoms with E-state index in [2.05, 4.69) is 319 Å². The van der Waals surface area contributed by atoms with Gasteiger partial charge in [0.25, 0.3) is 0 Å². The van der Waals surface area contributed by atoms with Gasteiger partial charge in [-0.2, -0.15) is 10.5 Å². The second-order valence-corrected chi connectivity index (χ2v) is 31.1. The molecule has 474 valence electrons. The fourth-order valence-corrected chi connectivity index (χ4v) is 18.9. The van der Waals surface area contributed by atoms with Crippen molar-refractivity contribution in [2.45, 2.75) is 0 Å². The molecule has 0 N–H and O–H groups in total. The summed E-state index contributed by atoms with van der Waals surface area (Å²) in [7, 11) is 0. The van der Waals surface area contributed by atoms with E-state index in [9.17, 15) is 10.5 Å². The van der Waals surface area contributed by atoms with Crippen LogP contribution in [0.2, 0.25) is 0 Å². The van der Waals surface area contributed by atoms with E-state index in [1.807, 2.05) is 72.8 Å². The molecule has 0 spiro atoms. The number of nitrogens with zero attached hydrogens (tertiary/aromatic N) is 9. The Morgan fingerprint density at radius 1 is 0.275 bits per heavy atom. The molecule has 0 saturated carbocycles. The third-order valence-electron chi connectivity index (χ3n) is 20.5. The van der Waals surface area contributed by atoms with Crippen molar-refractivity contribution < 1.29 is 0 Å². The van der Waals surface area contributed by atoms with Gasteiger partial charge in [0.05, 0.1) is 114 Å². The molecule has 0 amide bonds. The summed E-state index contributed by atoms with van der Waals surface area (Å²) in [6.45, 7) is 14.8. The average molecular weight is 1720 g/mol. The fraction of sp³-hybridized carbons (Fsp3) is 0. The molecule has 0 aliphatic carbocycles. The van der Waals surface area contributed by atoms with E-state index in [-0.39, 0.29) is 0 Å². The molecule has 9 aromatic heterocycles. The van der Waals surface area contributed by atoms with Crippen LogP contribution in [0.15, 0.2) is 268 Å². The van der Waals surface area contributed by atoms with Gasteiger partial charge < -0.3 is 22.2 Å². The van der Waals surface area contributed by atoms with Crippen molar-refractivity contribution in [2.24, 2.45) is 0 Å². The molecule has 9 heterocycles. The second kappa shape index (κ2) is 23.0. The van der Waals surface area contributed by atoms with Crippen molar-refractivity contribution in [3.05, 3.63) is 309 Å². The lowest BCUT2D eigenvalue weighted by Crippen LogP contribution is -1.93. The van der Waals surface area contributed by atoms with Crippen molar-refractivity contribution in [3.63, 3.8) is 0 Å². The van der Waals surface area contributed by atoms with Gasteiger partial charge >= 0.3 is 0 Å². The van der Waals surface area contributed by atoms with Crippen LogP contribution in [0.25, 0.3) is 190 Å². The molecule has 0 bridgehead atoms. The maximum Gasteiger partial charge on any atom is 0.188 e. The van der Waals surface area contributed by atoms with Crippen molar-refractivity contribution in [2.75, 3.05) is 0 Å². The number of aromatic nitrogens is 5. The summed E-state index contributed by atoms with van der Waals surface area (Å²) in [6, 6.07) is 93.3. The maximum absolute atomic E-state index is 9.61. The Labute approximate surface area is 632 Å². The number of benzene rings is 14. The molecule has 0 unspecified atom stereocenters. The molecular weight excluding hydrogens is 1680 g/mol. The quantitative estimate of drug-likeness (QED) is 0.121. The van der Waals surface area contributed by atoms with Crippen molar-refractivity contribution in [3.8, 4) is 17.8 Å². The lowest BCUT2D eigenvalue weighted by molar-refractivity contribution is 1.19. The van der Waals surface area contributed by atoms with Gasteiger partial charge in [0.15, 0.2) is 11.4 Å². The Bertz CT molecular complexity index is 7350. The normalized spacial score (nSPS) is 11.9. The molecule has 0 radical (unpaired) electrons. The first kappa shape index (κ1) is 60.9. The van der Waals surface area contributed by atoms with E-state index in [0.717, 1.165) is 106 Å². The molecule has 0 aliphatic rings. The van der Waals surface area contributed by atoms with Gasteiger partial charge in [-0.15, -0.1) is 0 Å². The molecule has 0 fully saturated rings. The number of hydrogen-bond acceptors (Lipinski definition) is 2. The van der Waals surface area contributed by atoms with Crippen LogP contribution in [0.5, 0.6) is 0 Å². The van der Waals surface area contributed by atoms with Crippen LogP contribution in [-0.2, 0) is 0 Å². The van der Waals surface area contributed by atoms with E-state index in [4.69, 9.17) is 13.1 Å². The van der Waals surface area contributed by atoms with E-state index >= 15 is 0 Å². The predicted molar refractivity (Wildman–Crippen MR) is 449 cm³/mol. The van der Waals surface area contributed by atoms with Gasteiger partial charge in [0.1, 0.15) is 0 Å². The minimum Gasteiger partial charge on any atom is -0.309 e. The van der Waals surface area contributed by atoms with E-state index in [1.54, 1.807) is 0 Å². The van der Waals surface area contributed by atoms with Gasteiger partial charge in [-0.05, 0) is 226 Å². The van der Waals surface area contributed by atoms with Gasteiger partial charge in [-0.1, -0.05) is 133 Å². The zero-order valence-corrected chi connectivity index (χ0v) is 62.2. The second-order valence-electron chi connectivity index (χ2n) is 25.8. The fourth-order valence-electron chi connectivity index (χ4n) is 16.5. The van der Waals surface area contributed by atoms with Crippen LogP contribution in [0.3, 0.4) is 0 Å². The Balaban J connectivity index is 0.0000000938. The largest absolute Gasteiger partial charge is 0.309 e. The smallest absolute Gasteiger partial charge is 0.188 e. The van der Waals surface area contributed by atoms with Gasteiger partial charge in [-0.25, -0.2) is 9.69 Å². The minimum atomic E-state index is 0.631. The van der Waals surface area contributed by atoms with Gasteiger partial charge in [-0.3, -0.25) is 0 Å². The molecule has 14 heteroatoms. The van der Waals surface area contributed by atoms with Crippen molar-refractivity contribution in [1.29, 1.82) is 10.5 Å². The van der Waals surface area contributed by atoms with Gasteiger partial charge in [0.2, 0.25) is 0 Å². The van der Waals surface area contributed by atoms with Crippen LogP contribution in [0.1, 0.15) is 11.1 Å². The van der Waals surface area contributed by atoms with Crippen LogP contribution in [-0.4, -0.2) is 22.2 Å². The molecule has 0 aliphatic heterocycles. The first-order chi connectivity index (χ1) is 49.9. The number of halogens is 5. The highest BCUT2D eigenvalue weighted by Crippen LogP contribution is 2.47. The summed E-state index contributed by atoms with van der Waals surface area (Å²) in [5.41, 5.74) is 20.3. The highest BCUT2D eigenvalue weighted by Gasteiger charge is 2.25. The molecular formula is C88H42Br3I2N9. The Kier molecular flexibility index (Phi) is 13.7. The summed E-state index contributed by atoms with van der Waals surface area (Å²) in [5.74, 6) is 0.